The van der Waals surface area contributed by atoms with Gasteiger partial charge in [0.2, 0.25) is 5.91 Å². The molecule has 5 heteroatoms. The highest BCUT2D eigenvalue weighted by molar-refractivity contribution is 5.84. The highest BCUT2D eigenvalue weighted by atomic mass is 19.2. The van der Waals surface area contributed by atoms with Crippen LogP contribution in [0, 0.1) is 18.6 Å². The number of nitrogens with two attached hydrogens (primary N) is 1. The van der Waals surface area contributed by atoms with Gasteiger partial charge >= 0.3 is 0 Å². The molecule has 0 saturated heterocycles. The summed E-state index contributed by atoms with van der Waals surface area (Å²) in [7, 11) is 0. The van der Waals surface area contributed by atoms with Crippen molar-refractivity contribution in [3.63, 3.8) is 0 Å². The quantitative estimate of drug-likeness (QED) is 0.902. The number of aryl methyl sites for hydroxylation is 1. The van der Waals surface area contributed by atoms with Crippen molar-refractivity contribution in [3.8, 4) is 0 Å². The molecule has 0 aromatic heterocycles. The van der Waals surface area contributed by atoms with Gasteiger partial charge in [-0.3, -0.25) is 4.79 Å². The third kappa shape index (κ3) is 2.93. The molecule has 2 rings (SSSR count). The van der Waals surface area contributed by atoms with E-state index in [1.165, 1.54) is 12.1 Å². The van der Waals surface area contributed by atoms with Gasteiger partial charge in [-0.15, -0.1) is 0 Å². The highest BCUT2D eigenvalue weighted by Gasteiger charge is 2.22. The smallest absolute Gasteiger partial charge is 0.244 e. The summed E-state index contributed by atoms with van der Waals surface area (Å²) in [5, 5.41) is 2.81. The monoisotopic (exact) mass is 276 g/mol. The number of carbonyl (C=O) groups excluding carboxylic acids is 1. The van der Waals surface area contributed by atoms with E-state index in [0.717, 1.165) is 11.6 Å². The van der Waals surface area contributed by atoms with Crippen LogP contribution in [-0.2, 0) is 4.79 Å². The number of nitrogens with one attached hydrogen (secondary N) is 1. The molecule has 0 bridgehead atoms. The number of hydrogen-bond donors (Lipinski definition) is 2. The van der Waals surface area contributed by atoms with Gasteiger partial charge in [0.25, 0.3) is 0 Å². The zero-order valence-corrected chi connectivity index (χ0v) is 10.9. The van der Waals surface area contributed by atoms with Crippen LogP contribution >= 0.6 is 0 Å². The van der Waals surface area contributed by atoms with Crippen molar-refractivity contribution < 1.29 is 13.6 Å². The van der Waals surface area contributed by atoms with E-state index in [9.17, 15) is 13.6 Å². The van der Waals surface area contributed by atoms with Gasteiger partial charge in [-0.2, -0.15) is 0 Å². The average Bonchev–Trinajstić information content (AvgIpc) is 2.41. The van der Waals surface area contributed by atoms with Gasteiger partial charge in [-0.25, -0.2) is 8.78 Å². The van der Waals surface area contributed by atoms with Gasteiger partial charge in [0.05, 0.1) is 0 Å². The van der Waals surface area contributed by atoms with Crippen LogP contribution in [0.2, 0.25) is 0 Å². The van der Waals surface area contributed by atoms with Gasteiger partial charge in [0, 0.05) is 11.3 Å². The fraction of sp³-hybridized carbons (Fsp3) is 0.133. The molecule has 2 aromatic carbocycles. The van der Waals surface area contributed by atoms with Crippen molar-refractivity contribution in [3.05, 3.63) is 65.2 Å². The number of hydrogen-bond acceptors (Lipinski definition) is 2. The minimum atomic E-state index is -1.13. The summed E-state index contributed by atoms with van der Waals surface area (Å²) in [5.74, 6) is -2.87. The zero-order valence-electron chi connectivity index (χ0n) is 10.9. The zero-order chi connectivity index (χ0) is 14.7. The van der Waals surface area contributed by atoms with E-state index in [4.69, 9.17) is 5.73 Å². The van der Waals surface area contributed by atoms with E-state index in [2.05, 4.69) is 5.32 Å². The first kappa shape index (κ1) is 14.0. The molecule has 0 saturated carbocycles. The van der Waals surface area contributed by atoms with Crippen LogP contribution < -0.4 is 11.1 Å². The van der Waals surface area contributed by atoms with Crippen LogP contribution in [0.5, 0.6) is 0 Å². The van der Waals surface area contributed by atoms with Gasteiger partial charge in [0.15, 0.2) is 11.6 Å². The summed E-state index contributed by atoms with van der Waals surface area (Å²) in [6.07, 6.45) is 0. The predicted molar refractivity (Wildman–Crippen MR) is 73.1 cm³/mol. The Hall–Kier alpha value is -2.43. The average molecular weight is 276 g/mol. The maximum absolute atomic E-state index is 13.8. The third-order valence-electron chi connectivity index (χ3n) is 2.94. The Bertz CT molecular complexity index is 626. The molecule has 0 fully saturated rings. The number of rotatable bonds is 4. The number of amides is 1. The molecule has 0 aliphatic carbocycles. The van der Waals surface area contributed by atoms with Gasteiger partial charge < -0.3 is 11.1 Å². The summed E-state index contributed by atoms with van der Waals surface area (Å²) in [5.41, 5.74) is 6.81. The lowest BCUT2D eigenvalue weighted by Crippen LogP contribution is -2.28. The normalized spacial score (nSPS) is 11.9. The fourth-order valence-corrected chi connectivity index (χ4v) is 1.86. The molecule has 3 nitrogen and oxygen atoms in total. The topological polar surface area (TPSA) is 55.1 Å². The first-order valence-electron chi connectivity index (χ1n) is 6.05. The Kier molecular flexibility index (Phi) is 3.98. The Morgan fingerprint density at radius 1 is 1.15 bits per heavy atom. The molecule has 3 N–H and O–H groups in total. The second-order valence-corrected chi connectivity index (χ2v) is 4.49. The Labute approximate surface area is 115 Å². The van der Waals surface area contributed by atoms with Crippen LogP contribution in [0.1, 0.15) is 17.2 Å². The van der Waals surface area contributed by atoms with Crippen molar-refractivity contribution in [1.82, 2.24) is 0 Å². The summed E-state index contributed by atoms with van der Waals surface area (Å²) in [6, 6.07) is 9.67. The molecule has 0 aliphatic heterocycles. The second-order valence-electron chi connectivity index (χ2n) is 4.49. The summed E-state index contributed by atoms with van der Waals surface area (Å²) in [6.45, 7) is 1.92. The predicted octanol–water partition coefficient (Wildman–Crippen LogP) is 2.91. The van der Waals surface area contributed by atoms with Crippen LogP contribution in [-0.4, -0.2) is 5.91 Å². The molecule has 1 unspecified atom stereocenters. The van der Waals surface area contributed by atoms with Crippen LogP contribution in [0.4, 0.5) is 14.5 Å². The van der Waals surface area contributed by atoms with Gasteiger partial charge in [0.1, 0.15) is 6.04 Å². The Morgan fingerprint density at radius 2 is 1.80 bits per heavy atom. The van der Waals surface area contributed by atoms with Gasteiger partial charge in [-0.05, 0) is 25.1 Å². The number of carbonyl (C=O) groups is 1. The van der Waals surface area contributed by atoms with Crippen molar-refractivity contribution in [1.29, 1.82) is 0 Å². The highest BCUT2D eigenvalue weighted by Crippen LogP contribution is 2.23. The molecule has 1 atom stereocenters. The molecule has 104 valence electrons. The van der Waals surface area contributed by atoms with Crippen molar-refractivity contribution in [2.75, 3.05) is 5.32 Å². The van der Waals surface area contributed by atoms with Crippen LogP contribution in [0.3, 0.4) is 0 Å². The number of anilines is 1. The molecule has 1 amide bonds. The Morgan fingerprint density at radius 3 is 2.40 bits per heavy atom. The molecular weight excluding hydrogens is 262 g/mol. The SMILES string of the molecule is Cc1ccc(NC(C(N)=O)c2cccc(F)c2F)cc1. The van der Waals surface area contributed by atoms with Crippen LogP contribution in [0.25, 0.3) is 0 Å². The minimum Gasteiger partial charge on any atom is -0.370 e. The number of benzene rings is 2. The summed E-state index contributed by atoms with van der Waals surface area (Å²) in [4.78, 5) is 11.5. The molecule has 0 aliphatic rings. The summed E-state index contributed by atoms with van der Waals surface area (Å²) >= 11 is 0. The lowest BCUT2D eigenvalue weighted by Gasteiger charge is -2.18. The molecule has 0 heterocycles. The molecular formula is C15H14F2N2O. The largest absolute Gasteiger partial charge is 0.370 e. The molecule has 20 heavy (non-hydrogen) atoms. The maximum atomic E-state index is 13.8. The second kappa shape index (κ2) is 5.69. The fourth-order valence-electron chi connectivity index (χ4n) is 1.86. The first-order chi connectivity index (χ1) is 9.49. The van der Waals surface area contributed by atoms with E-state index >= 15 is 0 Å². The molecule has 0 spiro atoms. The minimum absolute atomic E-state index is 0.113. The van der Waals surface area contributed by atoms with E-state index < -0.39 is 23.6 Å². The molecule has 2 aromatic rings. The van der Waals surface area contributed by atoms with Crippen molar-refractivity contribution >= 4 is 11.6 Å². The van der Waals surface area contributed by atoms with E-state index in [0.29, 0.717) is 5.69 Å². The number of primary amides is 1. The van der Waals surface area contributed by atoms with Crippen molar-refractivity contribution in [2.24, 2.45) is 5.73 Å². The maximum Gasteiger partial charge on any atom is 0.244 e. The lowest BCUT2D eigenvalue weighted by molar-refractivity contribution is -0.118. The van der Waals surface area contributed by atoms with Gasteiger partial charge in [-0.1, -0.05) is 29.8 Å². The third-order valence-corrected chi connectivity index (χ3v) is 2.94. The van der Waals surface area contributed by atoms with E-state index in [-0.39, 0.29) is 5.56 Å². The first-order valence-corrected chi connectivity index (χ1v) is 6.05. The van der Waals surface area contributed by atoms with E-state index in [1.54, 1.807) is 12.1 Å². The Balaban J connectivity index is 2.34. The number of halogens is 2. The van der Waals surface area contributed by atoms with Crippen LogP contribution in [0.15, 0.2) is 42.5 Å². The summed E-state index contributed by atoms with van der Waals surface area (Å²) < 4.78 is 27.0. The standard InChI is InChI=1S/C15H14F2N2O/c1-9-5-7-10(8-6-9)19-14(15(18)20)11-3-2-4-12(16)13(11)17/h2-8,14,19H,1H3,(H2,18,20). The molecule has 0 radical (unpaired) electrons. The van der Waals surface area contributed by atoms with Crippen molar-refractivity contribution in [2.45, 2.75) is 13.0 Å². The van der Waals surface area contributed by atoms with E-state index in [1.807, 2.05) is 19.1 Å². The lowest BCUT2D eigenvalue weighted by atomic mass is 10.0.